The van der Waals surface area contributed by atoms with Crippen molar-refractivity contribution in [1.29, 1.82) is 0 Å². The summed E-state index contributed by atoms with van der Waals surface area (Å²) in [7, 11) is 0. The minimum Gasteiger partial charge on any atom is -0.438 e. The number of aromatic nitrogens is 1. The Morgan fingerprint density at radius 3 is 2.52 bits per heavy atom. The Bertz CT molecular complexity index is 1210. The molecule has 0 atom stereocenters. The van der Waals surface area contributed by atoms with Crippen molar-refractivity contribution in [2.24, 2.45) is 0 Å². The molecule has 0 saturated heterocycles. The monoisotopic (exact) mass is 399 g/mol. The summed E-state index contributed by atoms with van der Waals surface area (Å²) in [5.74, 6) is 1.81. The van der Waals surface area contributed by atoms with Crippen LogP contribution in [0.2, 0.25) is 0 Å². The van der Waals surface area contributed by atoms with Gasteiger partial charge in [-0.25, -0.2) is 0 Å². The van der Waals surface area contributed by atoms with Crippen LogP contribution in [0.3, 0.4) is 0 Å². The summed E-state index contributed by atoms with van der Waals surface area (Å²) in [4.78, 5) is 2.26. The third kappa shape index (κ3) is 3.10. The minimum atomic E-state index is 0.855. The molecule has 1 aliphatic rings. The number of rotatable bonds is 4. The normalized spacial score (nSPS) is 14.4. The van der Waals surface area contributed by atoms with Crippen molar-refractivity contribution in [1.82, 2.24) is 0 Å². The molecule has 3 nitrogen and oxygen atoms in total. The van der Waals surface area contributed by atoms with Crippen molar-refractivity contribution in [3.05, 3.63) is 83.7 Å². The van der Waals surface area contributed by atoms with Crippen molar-refractivity contribution >= 4 is 33.3 Å². The maximum absolute atomic E-state index is 6.28. The first-order valence-electron chi connectivity index (χ1n) is 10.1. The molecule has 29 heavy (non-hydrogen) atoms. The van der Waals surface area contributed by atoms with Gasteiger partial charge in [0.25, 0.3) is 5.01 Å². The average molecular weight is 400 g/mol. The highest BCUT2D eigenvalue weighted by Crippen LogP contribution is 2.42. The lowest BCUT2D eigenvalue weighted by atomic mass is 10.0. The molecule has 0 bridgehead atoms. The first kappa shape index (κ1) is 18.0. The van der Waals surface area contributed by atoms with Crippen LogP contribution in [0, 0.1) is 0 Å². The summed E-state index contributed by atoms with van der Waals surface area (Å²) in [5, 5.41) is 1.21. The zero-order valence-corrected chi connectivity index (χ0v) is 17.4. The van der Waals surface area contributed by atoms with E-state index < -0.39 is 0 Å². The van der Waals surface area contributed by atoms with E-state index in [0.717, 1.165) is 30.4 Å². The van der Waals surface area contributed by atoms with Gasteiger partial charge < -0.3 is 9.64 Å². The van der Waals surface area contributed by atoms with Crippen LogP contribution in [0.4, 0.5) is 5.69 Å². The van der Waals surface area contributed by atoms with E-state index in [1.807, 2.05) is 6.07 Å². The van der Waals surface area contributed by atoms with Gasteiger partial charge in [0.2, 0.25) is 11.4 Å². The molecule has 5 rings (SSSR count). The SMILES string of the molecule is CCN1C(=Cc2sc3ccccc3[n+]2CC)Oc2ccc(-c3ccccc3)cc21. The van der Waals surface area contributed by atoms with Gasteiger partial charge in [-0.15, -0.1) is 0 Å². The van der Waals surface area contributed by atoms with Gasteiger partial charge in [-0.3, -0.25) is 0 Å². The number of hydrogen-bond acceptors (Lipinski definition) is 3. The van der Waals surface area contributed by atoms with E-state index in [2.05, 4.69) is 96.1 Å². The van der Waals surface area contributed by atoms with E-state index in [9.17, 15) is 0 Å². The van der Waals surface area contributed by atoms with Gasteiger partial charge in [0, 0.05) is 12.6 Å². The second-order valence-electron chi connectivity index (χ2n) is 7.03. The number of thiazole rings is 1. The molecule has 0 unspecified atom stereocenters. The Hall–Kier alpha value is -3.11. The fourth-order valence-corrected chi connectivity index (χ4v) is 5.09. The first-order valence-corrected chi connectivity index (χ1v) is 10.9. The summed E-state index contributed by atoms with van der Waals surface area (Å²) < 4.78 is 9.93. The molecule has 3 aromatic carbocycles. The largest absolute Gasteiger partial charge is 0.438 e. The second kappa shape index (κ2) is 7.37. The molecule has 0 aliphatic carbocycles. The lowest BCUT2D eigenvalue weighted by Gasteiger charge is -2.15. The molecule has 0 N–H and O–H groups in total. The quantitative estimate of drug-likeness (QED) is 0.386. The van der Waals surface area contributed by atoms with Crippen LogP contribution < -0.4 is 14.2 Å². The number of hydrogen-bond donors (Lipinski definition) is 0. The van der Waals surface area contributed by atoms with Crippen molar-refractivity contribution in [2.75, 3.05) is 11.4 Å². The smallest absolute Gasteiger partial charge is 0.268 e. The molecule has 0 radical (unpaired) electrons. The number of aryl methyl sites for hydroxylation is 1. The number of fused-ring (bicyclic) bond motifs is 2. The Labute approximate surface area is 175 Å². The van der Waals surface area contributed by atoms with Gasteiger partial charge in [-0.05, 0) is 43.2 Å². The van der Waals surface area contributed by atoms with Gasteiger partial charge in [-0.2, -0.15) is 4.57 Å². The molecule has 4 aromatic rings. The predicted octanol–water partition coefficient (Wildman–Crippen LogP) is 6.09. The molecule has 1 aromatic heterocycles. The Kier molecular flexibility index (Phi) is 4.57. The van der Waals surface area contributed by atoms with Crippen molar-refractivity contribution < 1.29 is 9.30 Å². The summed E-state index contributed by atoms with van der Waals surface area (Å²) in [6.07, 6.45) is 2.18. The zero-order chi connectivity index (χ0) is 19.8. The number of anilines is 1. The summed E-state index contributed by atoms with van der Waals surface area (Å²) in [6.45, 7) is 6.14. The Morgan fingerprint density at radius 1 is 0.931 bits per heavy atom. The topological polar surface area (TPSA) is 16.4 Å². The number of ether oxygens (including phenoxy) is 1. The average Bonchev–Trinajstić information content (AvgIpc) is 3.30. The highest BCUT2D eigenvalue weighted by atomic mass is 32.1. The van der Waals surface area contributed by atoms with Gasteiger partial charge in [0.1, 0.15) is 11.2 Å². The van der Waals surface area contributed by atoms with Gasteiger partial charge >= 0.3 is 0 Å². The molecule has 0 spiro atoms. The molecule has 0 fully saturated rings. The number of benzene rings is 3. The lowest BCUT2D eigenvalue weighted by Crippen LogP contribution is -2.34. The Morgan fingerprint density at radius 2 is 1.72 bits per heavy atom. The van der Waals surface area contributed by atoms with Crippen LogP contribution in [0.25, 0.3) is 27.4 Å². The van der Waals surface area contributed by atoms with E-state index in [1.165, 1.54) is 26.4 Å². The van der Waals surface area contributed by atoms with E-state index in [0.29, 0.717) is 0 Å². The summed E-state index contributed by atoms with van der Waals surface area (Å²) >= 11 is 1.81. The molecular weight excluding hydrogens is 376 g/mol. The molecule has 2 heterocycles. The van der Waals surface area contributed by atoms with Crippen LogP contribution in [0.1, 0.15) is 18.9 Å². The molecule has 1 aliphatic heterocycles. The fraction of sp³-hybridized carbons (Fsp3) is 0.160. The predicted molar refractivity (Wildman–Crippen MR) is 121 cm³/mol. The third-order valence-electron chi connectivity index (χ3n) is 5.35. The van der Waals surface area contributed by atoms with Gasteiger partial charge in [0.05, 0.1) is 11.8 Å². The van der Waals surface area contributed by atoms with Crippen LogP contribution in [0.5, 0.6) is 5.75 Å². The van der Waals surface area contributed by atoms with E-state index in [1.54, 1.807) is 11.3 Å². The maximum atomic E-state index is 6.28. The van der Waals surface area contributed by atoms with Gasteiger partial charge in [0.15, 0.2) is 5.75 Å². The van der Waals surface area contributed by atoms with Crippen molar-refractivity contribution in [3.63, 3.8) is 0 Å². The van der Waals surface area contributed by atoms with Crippen molar-refractivity contribution in [3.8, 4) is 16.9 Å². The van der Waals surface area contributed by atoms with Gasteiger partial charge in [-0.1, -0.05) is 59.9 Å². The maximum Gasteiger partial charge on any atom is 0.268 e. The van der Waals surface area contributed by atoms with E-state index in [4.69, 9.17) is 4.74 Å². The number of para-hydroxylation sites is 1. The minimum absolute atomic E-state index is 0.855. The van der Waals surface area contributed by atoms with Crippen LogP contribution in [-0.4, -0.2) is 6.54 Å². The fourth-order valence-electron chi connectivity index (χ4n) is 3.94. The lowest BCUT2D eigenvalue weighted by molar-refractivity contribution is -0.665. The molecular formula is C25H23N2OS+. The first-order chi connectivity index (χ1) is 14.3. The van der Waals surface area contributed by atoms with Crippen molar-refractivity contribution in [2.45, 2.75) is 20.4 Å². The summed E-state index contributed by atoms with van der Waals surface area (Å²) in [6, 6.07) is 25.5. The molecule has 4 heteroatoms. The highest BCUT2D eigenvalue weighted by molar-refractivity contribution is 7.18. The van der Waals surface area contributed by atoms with E-state index in [-0.39, 0.29) is 0 Å². The van der Waals surface area contributed by atoms with E-state index >= 15 is 0 Å². The second-order valence-corrected chi connectivity index (χ2v) is 8.09. The number of nitrogens with zero attached hydrogens (tertiary/aromatic N) is 2. The molecule has 0 saturated carbocycles. The summed E-state index contributed by atoms with van der Waals surface area (Å²) in [5.41, 5.74) is 4.83. The van der Waals surface area contributed by atoms with Crippen LogP contribution in [0.15, 0.2) is 78.7 Å². The Balaban J connectivity index is 1.57. The molecule has 144 valence electrons. The van der Waals surface area contributed by atoms with Crippen LogP contribution in [-0.2, 0) is 6.54 Å². The zero-order valence-electron chi connectivity index (χ0n) is 16.6. The molecule has 0 amide bonds. The highest BCUT2D eigenvalue weighted by Gasteiger charge is 2.28. The standard InChI is InChI=1S/C25H23N2OS/c1-3-26-21-16-19(18-10-6-5-7-11-18)14-15-22(21)28-24(26)17-25-27(4-2)20-12-8-9-13-23(20)29-25/h5-17H,3-4H2,1-2H3/q+1. The third-order valence-corrected chi connectivity index (χ3v) is 6.47. The van der Waals surface area contributed by atoms with Crippen LogP contribution >= 0.6 is 11.3 Å².